The highest BCUT2D eigenvalue weighted by Crippen LogP contribution is 2.23. The molecule has 1 amide bonds. The van der Waals surface area contributed by atoms with E-state index in [1.165, 1.54) is 0 Å². The summed E-state index contributed by atoms with van der Waals surface area (Å²) in [5.74, 6) is 1.17. The summed E-state index contributed by atoms with van der Waals surface area (Å²) in [4.78, 5) is 28.9. The summed E-state index contributed by atoms with van der Waals surface area (Å²) in [5.41, 5.74) is 4.17. The Bertz CT molecular complexity index is 1020. The minimum atomic E-state index is -0.215. The molecule has 2 aromatic carbocycles. The van der Waals surface area contributed by atoms with Crippen LogP contribution in [-0.4, -0.2) is 27.8 Å². The van der Waals surface area contributed by atoms with Gasteiger partial charge in [-0.15, -0.1) is 0 Å². The Kier molecular flexibility index (Phi) is 7.39. The molecule has 3 rings (SSSR count). The minimum absolute atomic E-state index is 0.0707. The van der Waals surface area contributed by atoms with E-state index in [2.05, 4.69) is 9.88 Å². The molecule has 0 fully saturated rings. The number of para-hydroxylation sites is 2. The van der Waals surface area contributed by atoms with E-state index < -0.39 is 0 Å². The van der Waals surface area contributed by atoms with E-state index in [9.17, 15) is 9.59 Å². The molecule has 1 unspecified atom stereocenters. The highest BCUT2D eigenvalue weighted by Gasteiger charge is 2.18. The standard InChI is InChI=1S/C25H31N3O2/c1-18-11-6-7-12-21(18)17-25(30)26-16-10-4-5-15-24-27-22-13-8-9-14-23(22)28(24)19(2)20(3)29/h6-9,11-14,19H,4-5,10,15-17H2,1-3H3,(H,26,30). The number of benzene rings is 2. The number of ketones is 1. The van der Waals surface area contributed by atoms with E-state index in [0.29, 0.717) is 13.0 Å². The van der Waals surface area contributed by atoms with E-state index >= 15 is 0 Å². The van der Waals surface area contributed by atoms with E-state index in [4.69, 9.17) is 4.98 Å². The van der Waals surface area contributed by atoms with Crippen LogP contribution in [0, 0.1) is 6.92 Å². The van der Waals surface area contributed by atoms with Crippen LogP contribution in [0.4, 0.5) is 0 Å². The fourth-order valence-corrected chi connectivity index (χ4v) is 3.74. The van der Waals surface area contributed by atoms with Crippen molar-refractivity contribution in [3.63, 3.8) is 0 Å². The molecule has 5 heteroatoms. The second-order valence-electron chi connectivity index (χ2n) is 7.94. The Morgan fingerprint density at radius 2 is 1.77 bits per heavy atom. The van der Waals surface area contributed by atoms with Crippen molar-refractivity contribution in [2.75, 3.05) is 6.54 Å². The van der Waals surface area contributed by atoms with Crippen LogP contribution in [0.1, 0.15) is 56.1 Å². The van der Waals surface area contributed by atoms with Gasteiger partial charge in [-0.3, -0.25) is 9.59 Å². The van der Waals surface area contributed by atoms with Crippen molar-refractivity contribution in [1.82, 2.24) is 14.9 Å². The summed E-state index contributed by atoms with van der Waals surface area (Å²) < 4.78 is 2.07. The Morgan fingerprint density at radius 1 is 1.03 bits per heavy atom. The van der Waals surface area contributed by atoms with Gasteiger partial charge in [-0.2, -0.15) is 0 Å². The van der Waals surface area contributed by atoms with Gasteiger partial charge in [0.15, 0.2) is 5.78 Å². The van der Waals surface area contributed by atoms with Crippen LogP contribution >= 0.6 is 0 Å². The van der Waals surface area contributed by atoms with Crippen LogP contribution in [-0.2, 0) is 22.4 Å². The Morgan fingerprint density at radius 3 is 2.53 bits per heavy atom. The van der Waals surface area contributed by atoms with Gasteiger partial charge in [0.1, 0.15) is 5.82 Å². The van der Waals surface area contributed by atoms with Crippen molar-refractivity contribution in [1.29, 1.82) is 0 Å². The first-order chi connectivity index (χ1) is 14.5. The number of hydrogen-bond acceptors (Lipinski definition) is 3. The zero-order valence-electron chi connectivity index (χ0n) is 18.1. The summed E-state index contributed by atoms with van der Waals surface area (Å²) in [7, 11) is 0. The summed E-state index contributed by atoms with van der Waals surface area (Å²) in [6, 6.07) is 15.7. The van der Waals surface area contributed by atoms with Gasteiger partial charge in [0.05, 0.1) is 23.5 Å². The molecule has 0 saturated carbocycles. The van der Waals surface area contributed by atoms with Crippen molar-refractivity contribution in [2.24, 2.45) is 0 Å². The molecule has 5 nitrogen and oxygen atoms in total. The van der Waals surface area contributed by atoms with Crippen molar-refractivity contribution >= 4 is 22.7 Å². The predicted molar refractivity (Wildman–Crippen MR) is 121 cm³/mol. The maximum absolute atomic E-state index is 12.1. The first kappa shape index (κ1) is 21.8. The highest BCUT2D eigenvalue weighted by molar-refractivity contribution is 5.84. The van der Waals surface area contributed by atoms with Gasteiger partial charge in [0, 0.05) is 13.0 Å². The molecule has 0 aliphatic rings. The van der Waals surface area contributed by atoms with Gasteiger partial charge in [-0.25, -0.2) is 4.98 Å². The number of aromatic nitrogens is 2. The zero-order valence-corrected chi connectivity index (χ0v) is 18.1. The molecular weight excluding hydrogens is 374 g/mol. The third-order valence-electron chi connectivity index (χ3n) is 5.66. The Balaban J connectivity index is 1.47. The molecule has 1 aromatic heterocycles. The first-order valence-electron chi connectivity index (χ1n) is 10.7. The lowest BCUT2D eigenvalue weighted by atomic mass is 10.1. The highest BCUT2D eigenvalue weighted by atomic mass is 16.1. The number of nitrogens with zero attached hydrogens (tertiary/aromatic N) is 2. The lowest BCUT2D eigenvalue weighted by Gasteiger charge is -2.15. The number of carbonyl (C=O) groups is 2. The third kappa shape index (κ3) is 5.35. The lowest BCUT2D eigenvalue weighted by Crippen LogP contribution is -2.26. The number of Topliss-reactive ketones (excluding diaryl/α,β-unsaturated/α-hetero) is 1. The molecule has 0 aliphatic carbocycles. The minimum Gasteiger partial charge on any atom is -0.356 e. The molecule has 0 radical (unpaired) electrons. The summed E-state index contributed by atoms with van der Waals surface area (Å²) in [5, 5.41) is 3.02. The summed E-state index contributed by atoms with van der Waals surface area (Å²) in [6.45, 7) is 6.28. The number of amides is 1. The number of rotatable bonds is 10. The molecule has 158 valence electrons. The number of carbonyl (C=O) groups excluding carboxylic acids is 2. The number of fused-ring (bicyclic) bond motifs is 1. The van der Waals surface area contributed by atoms with Crippen LogP contribution in [0.3, 0.4) is 0 Å². The largest absolute Gasteiger partial charge is 0.356 e. The molecule has 0 aliphatic heterocycles. The van der Waals surface area contributed by atoms with Crippen LogP contribution < -0.4 is 5.32 Å². The van der Waals surface area contributed by atoms with E-state index in [-0.39, 0.29) is 17.7 Å². The van der Waals surface area contributed by atoms with Crippen molar-refractivity contribution < 1.29 is 9.59 Å². The smallest absolute Gasteiger partial charge is 0.224 e. The second-order valence-corrected chi connectivity index (χ2v) is 7.94. The second kappa shape index (κ2) is 10.2. The number of hydrogen-bond donors (Lipinski definition) is 1. The topological polar surface area (TPSA) is 64.0 Å². The van der Waals surface area contributed by atoms with Crippen LogP contribution in [0.15, 0.2) is 48.5 Å². The van der Waals surface area contributed by atoms with Gasteiger partial charge in [-0.05, 0) is 56.9 Å². The fourth-order valence-electron chi connectivity index (χ4n) is 3.74. The van der Waals surface area contributed by atoms with Crippen molar-refractivity contribution in [2.45, 2.75) is 58.9 Å². The normalized spacial score (nSPS) is 12.1. The van der Waals surface area contributed by atoms with Crippen molar-refractivity contribution in [3.8, 4) is 0 Å². The number of imidazole rings is 1. The van der Waals surface area contributed by atoms with Gasteiger partial charge in [-0.1, -0.05) is 42.8 Å². The zero-order chi connectivity index (χ0) is 21.5. The Hall–Kier alpha value is -2.95. The van der Waals surface area contributed by atoms with Gasteiger partial charge < -0.3 is 9.88 Å². The van der Waals surface area contributed by atoms with Crippen LogP contribution in [0.2, 0.25) is 0 Å². The first-order valence-corrected chi connectivity index (χ1v) is 10.7. The average molecular weight is 406 g/mol. The van der Waals surface area contributed by atoms with E-state index in [1.807, 2.05) is 62.4 Å². The van der Waals surface area contributed by atoms with Gasteiger partial charge in [0.2, 0.25) is 5.91 Å². The van der Waals surface area contributed by atoms with Crippen LogP contribution in [0.5, 0.6) is 0 Å². The molecule has 0 bridgehead atoms. The maximum Gasteiger partial charge on any atom is 0.224 e. The molecule has 0 spiro atoms. The van der Waals surface area contributed by atoms with Gasteiger partial charge in [0.25, 0.3) is 0 Å². The Labute approximate surface area is 178 Å². The number of aryl methyl sites for hydroxylation is 2. The van der Waals surface area contributed by atoms with Crippen molar-refractivity contribution in [3.05, 3.63) is 65.5 Å². The maximum atomic E-state index is 12.1. The average Bonchev–Trinajstić information content (AvgIpc) is 3.09. The third-order valence-corrected chi connectivity index (χ3v) is 5.66. The molecule has 1 N–H and O–H groups in total. The fraction of sp³-hybridized carbons (Fsp3) is 0.400. The van der Waals surface area contributed by atoms with E-state index in [1.54, 1.807) is 6.92 Å². The molecule has 3 aromatic rings. The molecule has 1 heterocycles. The SMILES string of the molecule is CC(=O)C(C)n1c(CCCCCNC(=O)Cc2ccccc2C)nc2ccccc21. The summed E-state index contributed by atoms with van der Waals surface area (Å²) >= 11 is 0. The number of nitrogens with one attached hydrogen (secondary N) is 1. The van der Waals surface area contributed by atoms with Gasteiger partial charge >= 0.3 is 0 Å². The summed E-state index contributed by atoms with van der Waals surface area (Å²) in [6.07, 6.45) is 4.16. The molecular formula is C25H31N3O2. The molecule has 0 saturated heterocycles. The number of unbranched alkanes of at least 4 members (excludes halogenated alkanes) is 2. The monoisotopic (exact) mass is 405 g/mol. The van der Waals surface area contributed by atoms with Crippen LogP contribution in [0.25, 0.3) is 11.0 Å². The predicted octanol–water partition coefficient (Wildman–Crippen LogP) is 4.57. The molecule has 30 heavy (non-hydrogen) atoms. The molecule has 1 atom stereocenters. The van der Waals surface area contributed by atoms with E-state index in [0.717, 1.165) is 53.7 Å². The quantitative estimate of drug-likeness (QED) is 0.503. The lowest BCUT2D eigenvalue weighted by molar-refractivity contribution is -0.120.